The van der Waals surface area contributed by atoms with E-state index in [1.165, 1.54) is 30.9 Å². The predicted octanol–water partition coefficient (Wildman–Crippen LogP) is 6.16. The van der Waals surface area contributed by atoms with Crippen LogP contribution in [-0.4, -0.2) is 4.98 Å². The van der Waals surface area contributed by atoms with Crippen molar-refractivity contribution in [1.82, 2.24) is 4.98 Å². The maximum absolute atomic E-state index is 13.5. The first-order chi connectivity index (χ1) is 13.2. The smallest absolute Gasteiger partial charge is 0.189 e. The highest BCUT2D eigenvalue weighted by molar-refractivity contribution is 5.64. The van der Waals surface area contributed by atoms with Crippen LogP contribution in [0.1, 0.15) is 42.9 Å². The molecule has 0 saturated heterocycles. The molecule has 0 aliphatic rings. The van der Waals surface area contributed by atoms with Gasteiger partial charge in [0.05, 0.1) is 5.56 Å². The minimum absolute atomic E-state index is 0.0825. The van der Waals surface area contributed by atoms with Crippen LogP contribution in [0.3, 0.4) is 0 Å². The van der Waals surface area contributed by atoms with Crippen molar-refractivity contribution >= 4 is 0 Å². The fourth-order valence-electron chi connectivity index (χ4n) is 2.83. The third kappa shape index (κ3) is 5.24. The van der Waals surface area contributed by atoms with E-state index in [0.29, 0.717) is 0 Å². The zero-order chi connectivity index (χ0) is 19.1. The van der Waals surface area contributed by atoms with Gasteiger partial charge in [-0.1, -0.05) is 68.0 Å². The van der Waals surface area contributed by atoms with Crippen molar-refractivity contribution in [2.24, 2.45) is 0 Å². The lowest BCUT2D eigenvalue weighted by Gasteiger charge is -2.05. The van der Waals surface area contributed by atoms with Crippen molar-refractivity contribution in [3.05, 3.63) is 89.2 Å². The second kappa shape index (κ2) is 9.09. The first kappa shape index (κ1) is 18.8. The Hall–Kier alpha value is -2.99. The van der Waals surface area contributed by atoms with Gasteiger partial charge in [-0.2, -0.15) is 13.8 Å². The average molecular weight is 361 g/mol. The molecule has 0 bridgehead atoms. The van der Waals surface area contributed by atoms with Gasteiger partial charge >= 0.3 is 0 Å². The molecule has 0 aliphatic carbocycles. The summed E-state index contributed by atoms with van der Waals surface area (Å²) >= 11 is 0. The van der Waals surface area contributed by atoms with E-state index in [4.69, 9.17) is 0 Å². The quantitative estimate of drug-likeness (QED) is 0.301. The summed E-state index contributed by atoms with van der Waals surface area (Å²) in [4.78, 5) is 3.13. The fourth-order valence-corrected chi connectivity index (χ4v) is 2.83. The molecule has 0 amide bonds. The van der Waals surface area contributed by atoms with Gasteiger partial charge in [-0.15, -0.1) is 0 Å². The van der Waals surface area contributed by atoms with Gasteiger partial charge in [-0.05, 0) is 53.8 Å². The molecule has 0 aliphatic heterocycles. The Morgan fingerprint density at radius 2 is 1.44 bits per heavy atom. The molecular weight excluding hydrogens is 340 g/mol. The third-order valence-electron chi connectivity index (χ3n) is 4.40. The molecule has 0 spiro atoms. The van der Waals surface area contributed by atoms with Gasteiger partial charge in [-0.3, -0.25) is 0 Å². The van der Waals surface area contributed by atoms with Crippen molar-refractivity contribution in [1.29, 1.82) is 0 Å². The number of aromatic nitrogens is 1. The number of hydrogen-bond acceptors (Lipinski definition) is 1. The summed E-state index contributed by atoms with van der Waals surface area (Å²) in [6.07, 6.45) is 4.85. The largest absolute Gasteiger partial charge is 0.231 e. The average Bonchev–Trinajstić information content (AvgIpc) is 2.69. The van der Waals surface area contributed by atoms with Crippen LogP contribution in [0.4, 0.5) is 8.78 Å². The molecule has 3 rings (SSSR count). The summed E-state index contributed by atoms with van der Waals surface area (Å²) in [5.74, 6) is 3.84. The molecule has 1 heterocycles. The molecule has 0 atom stereocenters. The molecule has 27 heavy (non-hydrogen) atoms. The first-order valence-electron chi connectivity index (χ1n) is 9.19. The summed E-state index contributed by atoms with van der Waals surface area (Å²) < 4.78 is 26.3. The van der Waals surface area contributed by atoms with Crippen LogP contribution < -0.4 is 0 Å². The molecule has 1 aromatic heterocycles. The summed E-state index contributed by atoms with van der Waals surface area (Å²) in [5, 5.41) is 0. The zero-order valence-corrected chi connectivity index (χ0v) is 15.3. The Balaban J connectivity index is 1.69. The molecule has 136 valence electrons. The molecule has 0 unspecified atom stereocenters. The van der Waals surface area contributed by atoms with E-state index < -0.39 is 11.9 Å². The van der Waals surface area contributed by atoms with Crippen LogP contribution in [-0.2, 0) is 6.42 Å². The first-order valence-corrected chi connectivity index (χ1v) is 9.19. The van der Waals surface area contributed by atoms with Gasteiger partial charge in [0, 0.05) is 5.56 Å². The van der Waals surface area contributed by atoms with E-state index in [9.17, 15) is 8.78 Å². The summed E-state index contributed by atoms with van der Waals surface area (Å²) in [5.41, 5.74) is 4.47. The lowest BCUT2D eigenvalue weighted by molar-refractivity contribution is 0.510. The summed E-state index contributed by atoms with van der Waals surface area (Å²) in [6, 6.07) is 18.8. The summed E-state index contributed by atoms with van der Waals surface area (Å²) in [6.45, 7) is 2.21. The highest BCUT2D eigenvalue weighted by Crippen LogP contribution is 2.21. The highest BCUT2D eigenvalue weighted by Gasteiger charge is 2.02. The fraction of sp³-hybridized carbons (Fsp3) is 0.208. The van der Waals surface area contributed by atoms with Crippen LogP contribution in [0.5, 0.6) is 0 Å². The van der Waals surface area contributed by atoms with E-state index in [-0.39, 0.29) is 5.56 Å². The number of rotatable bonds is 5. The van der Waals surface area contributed by atoms with E-state index in [1.54, 1.807) is 0 Å². The molecule has 2 aromatic carbocycles. The topological polar surface area (TPSA) is 12.9 Å². The lowest BCUT2D eigenvalue weighted by atomic mass is 10.0. The molecule has 0 N–H and O–H groups in total. The lowest BCUT2D eigenvalue weighted by Crippen LogP contribution is -1.91. The van der Waals surface area contributed by atoms with Crippen molar-refractivity contribution in [2.45, 2.75) is 32.6 Å². The predicted molar refractivity (Wildman–Crippen MR) is 105 cm³/mol. The number of halogens is 2. The number of pyridine rings is 1. The van der Waals surface area contributed by atoms with Gasteiger partial charge < -0.3 is 0 Å². The van der Waals surface area contributed by atoms with Crippen LogP contribution in [0, 0.1) is 23.7 Å². The Kier molecular flexibility index (Phi) is 6.33. The molecule has 0 radical (unpaired) electrons. The van der Waals surface area contributed by atoms with E-state index in [1.807, 2.05) is 24.3 Å². The van der Waals surface area contributed by atoms with Gasteiger partial charge in [0.25, 0.3) is 0 Å². The van der Waals surface area contributed by atoms with E-state index in [0.717, 1.165) is 29.2 Å². The Bertz CT molecular complexity index is 948. The Morgan fingerprint density at radius 1 is 0.778 bits per heavy atom. The maximum atomic E-state index is 13.5. The standard InChI is InChI=1S/C24H21F2N/c1-2-3-4-5-18-6-11-20(12-7-18)21-13-8-19(9-14-21)10-15-22-16-17-23(25)27-24(22)26/h6-9,11-14,16-17H,2-5H2,1H3. The van der Waals surface area contributed by atoms with E-state index >= 15 is 0 Å². The molecular formula is C24H21F2N. The van der Waals surface area contributed by atoms with E-state index in [2.05, 4.69) is 48.0 Å². The third-order valence-corrected chi connectivity index (χ3v) is 4.40. The van der Waals surface area contributed by atoms with Crippen LogP contribution in [0.2, 0.25) is 0 Å². The second-order valence-electron chi connectivity index (χ2n) is 6.45. The van der Waals surface area contributed by atoms with Crippen LogP contribution in [0.25, 0.3) is 11.1 Å². The highest BCUT2D eigenvalue weighted by atomic mass is 19.1. The molecule has 1 nitrogen and oxygen atoms in total. The van der Waals surface area contributed by atoms with Gasteiger partial charge in [0.15, 0.2) is 0 Å². The SMILES string of the molecule is CCCCCc1ccc(-c2ccc(C#Cc3ccc(F)nc3F)cc2)cc1. The Morgan fingerprint density at radius 3 is 2.07 bits per heavy atom. The molecule has 3 aromatic rings. The van der Waals surface area contributed by atoms with Crippen LogP contribution in [0.15, 0.2) is 60.7 Å². The second-order valence-corrected chi connectivity index (χ2v) is 6.45. The maximum Gasteiger partial charge on any atom is 0.231 e. The number of nitrogens with zero attached hydrogens (tertiary/aromatic N) is 1. The molecule has 0 fully saturated rings. The number of aryl methyl sites for hydroxylation is 1. The minimum Gasteiger partial charge on any atom is -0.189 e. The minimum atomic E-state index is -0.891. The molecule has 3 heteroatoms. The van der Waals surface area contributed by atoms with Gasteiger partial charge in [-0.25, -0.2) is 0 Å². The zero-order valence-electron chi connectivity index (χ0n) is 15.3. The van der Waals surface area contributed by atoms with Gasteiger partial charge in [0.1, 0.15) is 0 Å². The van der Waals surface area contributed by atoms with Crippen LogP contribution >= 0.6 is 0 Å². The number of hydrogen-bond donors (Lipinski definition) is 0. The van der Waals surface area contributed by atoms with Gasteiger partial charge in [0.2, 0.25) is 11.9 Å². The molecule has 0 saturated carbocycles. The van der Waals surface area contributed by atoms with Crippen molar-refractivity contribution in [3.63, 3.8) is 0 Å². The number of benzene rings is 2. The Labute approximate surface area is 159 Å². The normalized spacial score (nSPS) is 10.3. The van der Waals surface area contributed by atoms with Crippen molar-refractivity contribution in [3.8, 4) is 23.0 Å². The summed E-state index contributed by atoms with van der Waals surface area (Å²) in [7, 11) is 0. The van der Waals surface area contributed by atoms with Crippen molar-refractivity contribution < 1.29 is 8.78 Å². The number of unbranched alkanes of at least 4 members (excludes halogenated alkanes) is 2. The van der Waals surface area contributed by atoms with Crippen molar-refractivity contribution in [2.75, 3.05) is 0 Å². The monoisotopic (exact) mass is 361 g/mol.